The van der Waals surface area contributed by atoms with Gasteiger partial charge in [0.15, 0.2) is 5.82 Å². The van der Waals surface area contributed by atoms with Gasteiger partial charge in [-0.3, -0.25) is 14.6 Å². The van der Waals surface area contributed by atoms with E-state index in [9.17, 15) is 0 Å². The standard InChI is InChI=1S/C22H28N6O/c1-16-20(17(2)26(3)25-16)15-27-11-13-28(14-12-27)22-21(23-9-10-24-22)18-5-7-19(29-4)8-6-18/h5-10H,11-15H2,1-4H3. The lowest BCUT2D eigenvalue weighted by molar-refractivity contribution is 0.248. The monoisotopic (exact) mass is 392 g/mol. The molecule has 152 valence electrons. The average Bonchev–Trinajstić information content (AvgIpc) is 3.00. The molecule has 0 spiro atoms. The van der Waals surface area contributed by atoms with Crippen molar-refractivity contribution in [3.05, 3.63) is 53.6 Å². The number of nitrogens with zero attached hydrogens (tertiary/aromatic N) is 6. The number of rotatable bonds is 5. The van der Waals surface area contributed by atoms with Gasteiger partial charge in [0.25, 0.3) is 0 Å². The van der Waals surface area contributed by atoms with Crippen LogP contribution in [0.2, 0.25) is 0 Å². The number of aryl methyl sites for hydroxylation is 2. The predicted octanol–water partition coefficient (Wildman–Crippen LogP) is 2.82. The van der Waals surface area contributed by atoms with Gasteiger partial charge in [0, 0.05) is 69.0 Å². The molecule has 3 heterocycles. The molecule has 7 heteroatoms. The molecule has 2 aromatic heterocycles. The van der Waals surface area contributed by atoms with Crippen molar-refractivity contribution >= 4 is 5.82 Å². The van der Waals surface area contributed by atoms with Gasteiger partial charge in [0.05, 0.1) is 12.8 Å². The van der Waals surface area contributed by atoms with E-state index in [1.165, 1.54) is 11.3 Å². The first kappa shape index (κ1) is 19.4. The number of piperazine rings is 1. The molecular weight excluding hydrogens is 364 g/mol. The molecule has 1 aliphatic heterocycles. The van der Waals surface area contributed by atoms with Crippen molar-refractivity contribution < 1.29 is 4.74 Å². The molecule has 0 N–H and O–H groups in total. The van der Waals surface area contributed by atoms with Crippen LogP contribution in [0.5, 0.6) is 5.75 Å². The summed E-state index contributed by atoms with van der Waals surface area (Å²) in [5.41, 5.74) is 5.70. The van der Waals surface area contributed by atoms with Crippen molar-refractivity contribution in [1.29, 1.82) is 0 Å². The van der Waals surface area contributed by atoms with Crippen molar-refractivity contribution in [3.63, 3.8) is 0 Å². The van der Waals surface area contributed by atoms with E-state index < -0.39 is 0 Å². The minimum absolute atomic E-state index is 0.841. The number of ether oxygens (including phenoxy) is 1. The lowest BCUT2D eigenvalue weighted by Gasteiger charge is -2.36. The van der Waals surface area contributed by atoms with E-state index in [1.54, 1.807) is 19.5 Å². The van der Waals surface area contributed by atoms with E-state index in [4.69, 9.17) is 4.74 Å². The molecule has 0 saturated carbocycles. The Hall–Kier alpha value is -2.93. The van der Waals surface area contributed by atoms with Crippen LogP contribution in [0.3, 0.4) is 0 Å². The van der Waals surface area contributed by atoms with E-state index in [1.807, 2.05) is 36.0 Å². The van der Waals surface area contributed by atoms with Crippen LogP contribution in [-0.4, -0.2) is 57.9 Å². The van der Waals surface area contributed by atoms with Crippen LogP contribution in [0.4, 0.5) is 5.82 Å². The topological polar surface area (TPSA) is 59.3 Å². The first-order chi connectivity index (χ1) is 14.1. The van der Waals surface area contributed by atoms with Gasteiger partial charge in [0.2, 0.25) is 0 Å². The average molecular weight is 393 g/mol. The second kappa shape index (κ2) is 8.21. The fourth-order valence-corrected chi connectivity index (χ4v) is 3.90. The van der Waals surface area contributed by atoms with E-state index in [-0.39, 0.29) is 0 Å². The summed E-state index contributed by atoms with van der Waals surface area (Å²) in [6.45, 7) is 9.04. The van der Waals surface area contributed by atoms with Crippen molar-refractivity contribution in [1.82, 2.24) is 24.6 Å². The summed E-state index contributed by atoms with van der Waals surface area (Å²) < 4.78 is 7.25. The van der Waals surface area contributed by atoms with Crippen LogP contribution in [-0.2, 0) is 13.6 Å². The number of hydrogen-bond donors (Lipinski definition) is 0. The SMILES string of the molecule is COc1ccc(-c2nccnc2N2CCN(Cc3c(C)nn(C)c3C)CC2)cc1. The highest BCUT2D eigenvalue weighted by Gasteiger charge is 2.23. The first-order valence-corrected chi connectivity index (χ1v) is 9.98. The summed E-state index contributed by atoms with van der Waals surface area (Å²) in [6, 6.07) is 8.00. The van der Waals surface area contributed by atoms with E-state index in [0.717, 1.165) is 61.2 Å². The molecule has 0 amide bonds. The van der Waals surface area contributed by atoms with Gasteiger partial charge >= 0.3 is 0 Å². The normalized spacial score (nSPS) is 15.0. The van der Waals surface area contributed by atoms with Gasteiger partial charge in [-0.15, -0.1) is 0 Å². The predicted molar refractivity (Wildman–Crippen MR) is 114 cm³/mol. The molecule has 4 rings (SSSR count). The lowest BCUT2D eigenvalue weighted by Crippen LogP contribution is -2.46. The second-order valence-corrected chi connectivity index (χ2v) is 7.49. The maximum atomic E-state index is 5.27. The molecule has 1 aromatic carbocycles. The Labute approximate surface area is 172 Å². The van der Waals surface area contributed by atoms with Crippen molar-refractivity contribution in [3.8, 4) is 17.0 Å². The molecule has 0 radical (unpaired) electrons. The lowest BCUT2D eigenvalue weighted by atomic mass is 10.1. The zero-order valence-corrected chi connectivity index (χ0v) is 17.6. The third-order valence-corrected chi connectivity index (χ3v) is 5.75. The zero-order chi connectivity index (χ0) is 20.4. The molecule has 7 nitrogen and oxygen atoms in total. The summed E-state index contributed by atoms with van der Waals surface area (Å²) in [7, 11) is 3.69. The number of methoxy groups -OCH3 is 1. The number of hydrogen-bond acceptors (Lipinski definition) is 6. The van der Waals surface area contributed by atoms with Crippen molar-refractivity contribution in [2.75, 3.05) is 38.2 Å². The van der Waals surface area contributed by atoms with Crippen LogP contribution in [0.15, 0.2) is 36.7 Å². The minimum atomic E-state index is 0.841. The maximum Gasteiger partial charge on any atom is 0.155 e. The van der Waals surface area contributed by atoms with E-state index in [0.29, 0.717) is 0 Å². The minimum Gasteiger partial charge on any atom is -0.497 e. The third kappa shape index (κ3) is 3.96. The Bertz CT molecular complexity index is 973. The summed E-state index contributed by atoms with van der Waals surface area (Å²) in [4.78, 5) is 14.1. The highest BCUT2D eigenvalue weighted by molar-refractivity contribution is 5.72. The summed E-state index contributed by atoms with van der Waals surface area (Å²) in [6.07, 6.45) is 3.53. The summed E-state index contributed by atoms with van der Waals surface area (Å²) in [5, 5.41) is 4.55. The van der Waals surface area contributed by atoms with Gasteiger partial charge in [-0.25, -0.2) is 4.98 Å². The largest absolute Gasteiger partial charge is 0.497 e. The van der Waals surface area contributed by atoms with Gasteiger partial charge in [-0.2, -0.15) is 5.10 Å². The van der Waals surface area contributed by atoms with Gasteiger partial charge in [0.1, 0.15) is 11.4 Å². The van der Waals surface area contributed by atoms with Gasteiger partial charge < -0.3 is 9.64 Å². The highest BCUT2D eigenvalue weighted by Crippen LogP contribution is 2.29. The fraction of sp³-hybridized carbons (Fsp3) is 0.409. The zero-order valence-electron chi connectivity index (χ0n) is 17.6. The molecule has 0 aliphatic carbocycles. The Morgan fingerprint density at radius 1 is 0.966 bits per heavy atom. The van der Waals surface area contributed by atoms with E-state index in [2.05, 4.69) is 38.7 Å². The van der Waals surface area contributed by atoms with Crippen LogP contribution < -0.4 is 9.64 Å². The van der Waals surface area contributed by atoms with Gasteiger partial charge in [-0.05, 0) is 38.1 Å². The number of benzene rings is 1. The smallest absolute Gasteiger partial charge is 0.155 e. The van der Waals surface area contributed by atoms with Crippen LogP contribution in [0, 0.1) is 13.8 Å². The number of anilines is 1. The highest BCUT2D eigenvalue weighted by atomic mass is 16.5. The first-order valence-electron chi connectivity index (χ1n) is 9.98. The molecule has 1 aliphatic rings. The third-order valence-electron chi connectivity index (χ3n) is 5.75. The molecule has 0 unspecified atom stereocenters. The Morgan fingerprint density at radius 3 is 2.28 bits per heavy atom. The Morgan fingerprint density at radius 2 is 1.66 bits per heavy atom. The van der Waals surface area contributed by atoms with Crippen LogP contribution in [0.25, 0.3) is 11.3 Å². The second-order valence-electron chi connectivity index (χ2n) is 7.49. The molecular formula is C22H28N6O. The maximum absolute atomic E-state index is 5.27. The Balaban J connectivity index is 1.47. The summed E-state index contributed by atoms with van der Waals surface area (Å²) in [5.74, 6) is 1.79. The molecule has 3 aromatic rings. The van der Waals surface area contributed by atoms with Gasteiger partial charge in [-0.1, -0.05) is 0 Å². The van der Waals surface area contributed by atoms with E-state index >= 15 is 0 Å². The quantitative estimate of drug-likeness (QED) is 0.665. The van der Waals surface area contributed by atoms with Crippen LogP contribution in [0.1, 0.15) is 17.0 Å². The molecule has 29 heavy (non-hydrogen) atoms. The molecule has 1 saturated heterocycles. The van der Waals surface area contributed by atoms with Crippen molar-refractivity contribution in [2.45, 2.75) is 20.4 Å². The fourth-order valence-electron chi connectivity index (χ4n) is 3.90. The number of aromatic nitrogens is 4. The molecule has 1 fully saturated rings. The van der Waals surface area contributed by atoms with Crippen molar-refractivity contribution in [2.24, 2.45) is 7.05 Å². The van der Waals surface area contributed by atoms with Crippen LogP contribution >= 0.6 is 0 Å². The Kier molecular flexibility index (Phi) is 5.49. The summed E-state index contributed by atoms with van der Waals surface area (Å²) >= 11 is 0. The molecule has 0 atom stereocenters. The molecule has 0 bridgehead atoms.